The first kappa shape index (κ1) is 15.7. The SMILES string of the molecule is CCCc1cc(C(=O)NC(c2cc(C)ccn2)C2CC2)n(C)n1. The average molecular weight is 312 g/mol. The van der Waals surface area contributed by atoms with Crippen LogP contribution in [0.15, 0.2) is 24.4 Å². The monoisotopic (exact) mass is 312 g/mol. The van der Waals surface area contributed by atoms with Gasteiger partial charge in [0.15, 0.2) is 0 Å². The van der Waals surface area contributed by atoms with Crippen molar-refractivity contribution < 1.29 is 4.79 Å². The zero-order valence-electron chi connectivity index (χ0n) is 14.0. The highest BCUT2D eigenvalue weighted by Gasteiger charge is 2.35. The summed E-state index contributed by atoms with van der Waals surface area (Å²) in [6, 6.07) is 5.93. The molecule has 122 valence electrons. The minimum Gasteiger partial charge on any atom is -0.342 e. The Labute approximate surface area is 137 Å². The van der Waals surface area contributed by atoms with E-state index in [1.807, 2.05) is 25.4 Å². The molecule has 1 fully saturated rings. The third-order valence-electron chi connectivity index (χ3n) is 4.30. The number of nitrogens with zero attached hydrogens (tertiary/aromatic N) is 3. The van der Waals surface area contributed by atoms with Crippen LogP contribution in [0.5, 0.6) is 0 Å². The van der Waals surface area contributed by atoms with Crippen LogP contribution in [-0.2, 0) is 13.5 Å². The van der Waals surface area contributed by atoms with Gasteiger partial charge in [-0.05, 0) is 55.9 Å². The largest absolute Gasteiger partial charge is 0.342 e. The molecular weight excluding hydrogens is 288 g/mol. The average Bonchev–Trinajstić information content (AvgIpc) is 3.28. The number of pyridine rings is 1. The van der Waals surface area contributed by atoms with Gasteiger partial charge in [-0.3, -0.25) is 14.5 Å². The Bertz CT molecular complexity index is 703. The van der Waals surface area contributed by atoms with Gasteiger partial charge < -0.3 is 5.32 Å². The number of aromatic nitrogens is 3. The molecule has 0 aliphatic heterocycles. The minimum atomic E-state index is -0.0671. The van der Waals surface area contributed by atoms with Crippen molar-refractivity contribution in [3.63, 3.8) is 0 Å². The molecule has 2 heterocycles. The maximum absolute atomic E-state index is 12.7. The number of hydrogen-bond acceptors (Lipinski definition) is 3. The van der Waals surface area contributed by atoms with Gasteiger partial charge in [0.25, 0.3) is 5.91 Å². The fourth-order valence-electron chi connectivity index (χ4n) is 2.93. The van der Waals surface area contributed by atoms with Crippen LogP contribution < -0.4 is 5.32 Å². The maximum Gasteiger partial charge on any atom is 0.270 e. The lowest BCUT2D eigenvalue weighted by molar-refractivity contribution is 0.0921. The molecule has 0 aromatic carbocycles. The van der Waals surface area contributed by atoms with Gasteiger partial charge in [0.1, 0.15) is 5.69 Å². The Hall–Kier alpha value is -2.17. The molecule has 0 spiro atoms. The summed E-state index contributed by atoms with van der Waals surface area (Å²) in [5, 5.41) is 7.59. The summed E-state index contributed by atoms with van der Waals surface area (Å²) in [5.41, 5.74) is 3.71. The van der Waals surface area contributed by atoms with E-state index in [0.29, 0.717) is 11.6 Å². The molecule has 1 aliphatic carbocycles. The van der Waals surface area contributed by atoms with Crippen LogP contribution in [0.2, 0.25) is 0 Å². The molecule has 1 aliphatic rings. The highest BCUT2D eigenvalue weighted by Crippen LogP contribution is 2.40. The van der Waals surface area contributed by atoms with E-state index < -0.39 is 0 Å². The molecule has 1 amide bonds. The minimum absolute atomic E-state index is 0.00748. The van der Waals surface area contributed by atoms with E-state index in [9.17, 15) is 4.79 Å². The van der Waals surface area contributed by atoms with E-state index in [1.165, 1.54) is 5.56 Å². The van der Waals surface area contributed by atoms with Crippen LogP contribution in [0.4, 0.5) is 0 Å². The van der Waals surface area contributed by atoms with Crippen molar-refractivity contribution in [2.75, 3.05) is 0 Å². The molecule has 0 radical (unpaired) electrons. The van der Waals surface area contributed by atoms with Gasteiger partial charge in [0.2, 0.25) is 0 Å². The predicted molar refractivity (Wildman–Crippen MR) is 89.1 cm³/mol. The smallest absolute Gasteiger partial charge is 0.270 e. The quantitative estimate of drug-likeness (QED) is 0.892. The van der Waals surface area contributed by atoms with E-state index >= 15 is 0 Å². The molecule has 5 nitrogen and oxygen atoms in total. The second-order valence-electron chi connectivity index (χ2n) is 6.44. The zero-order valence-corrected chi connectivity index (χ0v) is 14.0. The molecule has 5 heteroatoms. The van der Waals surface area contributed by atoms with E-state index in [4.69, 9.17) is 0 Å². The van der Waals surface area contributed by atoms with Crippen molar-refractivity contribution in [2.45, 2.75) is 45.6 Å². The van der Waals surface area contributed by atoms with Gasteiger partial charge in [-0.1, -0.05) is 13.3 Å². The number of hydrogen-bond donors (Lipinski definition) is 1. The molecule has 0 saturated heterocycles. The fourth-order valence-corrected chi connectivity index (χ4v) is 2.93. The summed E-state index contributed by atoms with van der Waals surface area (Å²) in [5.74, 6) is 0.430. The highest BCUT2D eigenvalue weighted by atomic mass is 16.2. The second kappa shape index (κ2) is 6.52. The Morgan fingerprint density at radius 3 is 2.87 bits per heavy atom. The van der Waals surface area contributed by atoms with Crippen molar-refractivity contribution in [1.82, 2.24) is 20.1 Å². The Morgan fingerprint density at radius 2 is 2.22 bits per heavy atom. The van der Waals surface area contributed by atoms with Gasteiger partial charge in [-0.25, -0.2) is 0 Å². The van der Waals surface area contributed by atoms with E-state index in [0.717, 1.165) is 37.1 Å². The number of nitrogens with one attached hydrogen (secondary N) is 1. The number of aryl methyl sites for hydroxylation is 3. The van der Waals surface area contributed by atoms with Crippen molar-refractivity contribution in [1.29, 1.82) is 0 Å². The van der Waals surface area contributed by atoms with Crippen LogP contribution in [-0.4, -0.2) is 20.7 Å². The van der Waals surface area contributed by atoms with Crippen LogP contribution in [0.1, 0.15) is 59.7 Å². The summed E-state index contributed by atoms with van der Waals surface area (Å²) < 4.78 is 1.67. The molecule has 2 aromatic rings. The summed E-state index contributed by atoms with van der Waals surface area (Å²) in [6.07, 6.45) is 6.03. The lowest BCUT2D eigenvalue weighted by atomic mass is 10.1. The second-order valence-corrected chi connectivity index (χ2v) is 6.44. The van der Waals surface area contributed by atoms with Crippen molar-refractivity contribution in [3.05, 3.63) is 47.0 Å². The van der Waals surface area contributed by atoms with Gasteiger partial charge in [0, 0.05) is 13.2 Å². The Morgan fingerprint density at radius 1 is 1.43 bits per heavy atom. The van der Waals surface area contributed by atoms with Crippen molar-refractivity contribution in [2.24, 2.45) is 13.0 Å². The zero-order chi connectivity index (χ0) is 16.4. The molecule has 0 bridgehead atoms. The summed E-state index contributed by atoms with van der Waals surface area (Å²) in [7, 11) is 1.82. The van der Waals surface area contributed by atoms with Gasteiger partial charge in [-0.15, -0.1) is 0 Å². The van der Waals surface area contributed by atoms with Crippen LogP contribution in [0.3, 0.4) is 0 Å². The number of amides is 1. The summed E-state index contributed by atoms with van der Waals surface area (Å²) in [4.78, 5) is 17.2. The molecule has 1 unspecified atom stereocenters. The number of carbonyl (C=O) groups excluding carboxylic acids is 1. The van der Waals surface area contributed by atoms with Crippen molar-refractivity contribution in [3.8, 4) is 0 Å². The molecule has 1 atom stereocenters. The van der Waals surface area contributed by atoms with Crippen molar-refractivity contribution >= 4 is 5.91 Å². The van der Waals surface area contributed by atoms with Crippen LogP contribution >= 0.6 is 0 Å². The van der Waals surface area contributed by atoms with E-state index in [1.54, 1.807) is 4.68 Å². The first-order valence-corrected chi connectivity index (χ1v) is 8.34. The molecule has 1 N–H and O–H groups in total. The first-order chi connectivity index (χ1) is 11.1. The van der Waals surface area contributed by atoms with Gasteiger partial charge in [0.05, 0.1) is 17.4 Å². The summed E-state index contributed by atoms with van der Waals surface area (Å²) >= 11 is 0. The number of carbonyl (C=O) groups is 1. The molecule has 2 aromatic heterocycles. The third-order valence-corrected chi connectivity index (χ3v) is 4.30. The predicted octanol–water partition coefficient (Wildman–Crippen LogP) is 2.96. The first-order valence-electron chi connectivity index (χ1n) is 8.34. The van der Waals surface area contributed by atoms with Gasteiger partial charge >= 0.3 is 0 Å². The highest BCUT2D eigenvalue weighted by molar-refractivity contribution is 5.93. The standard InChI is InChI=1S/C18H24N4O/c1-4-5-14-11-16(22(3)21-14)18(23)20-17(13-6-7-13)15-10-12(2)8-9-19-15/h8-11,13,17H,4-7H2,1-3H3,(H,20,23). The topological polar surface area (TPSA) is 59.8 Å². The normalized spacial score (nSPS) is 15.4. The molecular formula is C18H24N4O. The lowest BCUT2D eigenvalue weighted by Gasteiger charge is -2.18. The summed E-state index contributed by atoms with van der Waals surface area (Å²) in [6.45, 7) is 4.16. The number of rotatable bonds is 6. The fraction of sp³-hybridized carbons (Fsp3) is 0.500. The Kier molecular flexibility index (Phi) is 4.46. The maximum atomic E-state index is 12.7. The van der Waals surface area contributed by atoms with Crippen LogP contribution in [0.25, 0.3) is 0 Å². The van der Waals surface area contributed by atoms with Gasteiger partial charge in [-0.2, -0.15) is 5.10 Å². The molecule has 3 rings (SSSR count). The Balaban J connectivity index is 1.79. The molecule has 1 saturated carbocycles. The van der Waals surface area contributed by atoms with E-state index in [2.05, 4.69) is 35.3 Å². The van der Waals surface area contributed by atoms with Crippen LogP contribution in [0, 0.1) is 12.8 Å². The molecule has 23 heavy (non-hydrogen) atoms. The van der Waals surface area contributed by atoms with E-state index in [-0.39, 0.29) is 11.9 Å². The third kappa shape index (κ3) is 3.60. The lowest BCUT2D eigenvalue weighted by Crippen LogP contribution is -2.31.